The van der Waals surface area contributed by atoms with Crippen LogP contribution >= 0.6 is 22.7 Å². The van der Waals surface area contributed by atoms with Crippen molar-refractivity contribution in [3.63, 3.8) is 0 Å². The molecule has 0 saturated carbocycles. The molecular weight excluding hydrogens is 1320 g/mol. The van der Waals surface area contributed by atoms with Crippen LogP contribution in [0.5, 0.6) is 11.5 Å². The minimum Gasteiger partial charge on any atom is -0.458 e. The van der Waals surface area contributed by atoms with Crippen LogP contribution in [0.25, 0.3) is 62.6 Å². The van der Waals surface area contributed by atoms with Crippen molar-refractivity contribution in [2.45, 2.75) is 0 Å². The Hall–Kier alpha value is -13.1. The van der Waals surface area contributed by atoms with Gasteiger partial charge in [-0.3, -0.25) is 0 Å². The molecule has 0 unspecified atom stereocenters. The first-order valence-corrected chi connectivity index (χ1v) is 37.9. The minimum absolute atomic E-state index is 0.212. The van der Waals surface area contributed by atoms with Crippen LogP contribution in [0.2, 0.25) is 0 Å². The SMILES string of the molecule is c1ccc(-c2cccc(-c3ccccc3)c2N(c2ccccc2)c2cc3c4c(c2)N(c2cccc5sc6ccccc6c25)c2ccccc2B4c2cc4c(cc2O3)N(c2ccccc2)c2cc(N(c3ccccc3)c3cccc5sc6ccccc6c35)cc3c2B4c2ccccc2N3c2ccccc2)cc1. The molecule has 10 heteroatoms. The van der Waals surface area contributed by atoms with Crippen LogP contribution in [0.15, 0.2) is 370 Å². The Morgan fingerprint density at radius 1 is 0.264 bits per heavy atom. The Morgan fingerprint density at radius 3 is 1.30 bits per heavy atom. The predicted molar refractivity (Wildman–Crippen MR) is 452 cm³/mol. The van der Waals surface area contributed by atoms with Gasteiger partial charge in [0.15, 0.2) is 0 Å². The highest BCUT2D eigenvalue weighted by molar-refractivity contribution is 7.26. The van der Waals surface area contributed by atoms with E-state index >= 15 is 0 Å². The highest BCUT2D eigenvalue weighted by atomic mass is 32.1. The van der Waals surface area contributed by atoms with Crippen molar-refractivity contribution in [3.8, 4) is 33.8 Å². The molecule has 0 spiro atoms. The largest absolute Gasteiger partial charge is 0.458 e. The summed E-state index contributed by atoms with van der Waals surface area (Å²) in [6.07, 6.45) is 0. The molecule has 16 aromatic carbocycles. The van der Waals surface area contributed by atoms with E-state index in [1.54, 1.807) is 0 Å². The molecule has 22 rings (SSSR count). The number of benzene rings is 16. The molecule has 6 heterocycles. The molecule has 0 aliphatic carbocycles. The lowest BCUT2D eigenvalue weighted by Gasteiger charge is -2.46. The van der Waals surface area contributed by atoms with Gasteiger partial charge in [-0.05, 0) is 159 Å². The van der Waals surface area contributed by atoms with Gasteiger partial charge < -0.3 is 29.2 Å². The van der Waals surface area contributed by atoms with E-state index in [-0.39, 0.29) is 13.4 Å². The van der Waals surface area contributed by atoms with E-state index in [9.17, 15) is 0 Å². The Balaban J connectivity index is 0.830. The average molecular weight is 1390 g/mol. The van der Waals surface area contributed by atoms with Gasteiger partial charge in [-0.2, -0.15) is 0 Å². The Morgan fingerprint density at radius 2 is 0.698 bits per heavy atom. The molecule has 2 aromatic heterocycles. The van der Waals surface area contributed by atoms with Gasteiger partial charge in [-0.15, -0.1) is 22.7 Å². The Kier molecular flexibility index (Phi) is 13.8. The lowest BCUT2D eigenvalue weighted by atomic mass is 9.30. The molecular formula is C96H61B2N5OS2. The molecule has 6 nitrogen and oxygen atoms in total. The van der Waals surface area contributed by atoms with E-state index in [4.69, 9.17) is 4.74 Å². The number of hydrogen-bond donors (Lipinski definition) is 0. The molecule has 4 aliphatic heterocycles. The van der Waals surface area contributed by atoms with Crippen molar-refractivity contribution in [2.75, 3.05) is 24.5 Å². The zero-order chi connectivity index (χ0) is 69.5. The number of nitrogens with zero attached hydrogens (tertiary/aromatic N) is 5. The maximum atomic E-state index is 8.10. The maximum absolute atomic E-state index is 8.10. The molecule has 18 aromatic rings. The van der Waals surface area contributed by atoms with E-state index < -0.39 is 0 Å². The summed E-state index contributed by atoms with van der Waals surface area (Å²) in [6.45, 7) is -0.472. The van der Waals surface area contributed by atoms with Gasteiger partial charge in [0.05, 0.1) is 28.4 Å². The lowest BCUT2D eigenvalue weighted by molar-refractivity contribution is 0.488. The number of thiophene rings is 2. The van der Waals surface area contributed by atoms with Crippen LogP contribution in [0.1, 0.15) is 0 Å². The fourth-order valence-electron chi connectivity index (χ4n) is 17.7. The smallest absolute Gasteiger partial charge is 0.256 e. The van der Waals surface area contributed by atoms with Crippen molar-refractivity contribution in [2.24, 2.45) is 0 Å². The zero-order valence-electron chi connectivity index (χ0n) is 57.3. The third-order valence-electron chi connectivity index (χ3n) is 22.0. The summed E-state index contributed by atoms with van der Waals surface area (Å²) in [6, 6.07) is 137. The lowest BCUT2D eigenvalue weighted by Crippen LogP contribution is -2.64. The monoisotopic (exact) mass is 1390 g/mol. The predicted octanol–water partition coefficient (Wildman–Crippen LogP) is 23.2. The first-order valence-electron chi connectivity index (χ1n) is 36.3. The minimum atomic E-state index is -0.260. The van der Waals surface area contributed by atoms with Gasteiger partial charge in [0, 0.05) is 120 Å². The molecule has 494 valence electrons. The van der Waals surface area contributed by atoms with Crippen LogP contribution in [0.4, 0.5) is 85.3 Å². The zero-order valence-corrected chi connectivity index (χ0v) is 59.0. The van der Waals surface area contributed by atoms with Gasteiger partial charge in [0.2, 0.25) is 0 Å². The summed E-state index contributed by atoms with van der Waals surface area (Å²) in [7, 11) is 0. The molecule has 0 atom stereocenters. The number of para-hydroxylation sites is 7. The second kappa shape index (κ2) is 24.3. The van der Waals surface area contributed by atoms with Crippen molar-refractivity contribution >= 4 is 195 Å². The first-order chi connectivity index (χ1) is 52.6. The molecule has 0 amide bonds. The fraction of sp³-hybridized carbons (Fsp3) is 0. The number of ether oxygens (including phenoxy) is 1. The van der Waals surface area contributed by atoms with Gasteiger partial charge in [-0.1, -0.05) is 243 Å². The van der Waals surface area contributed by atoms with Crippen molar-refractivity contribution in [1.82, 2.24) is 0 Å². The average Bonchev–Trinajstić information content (AvgIpc) is 1.05. The standard InChI is InChI=1S/C96H61B2N5OS2/c1-7-30-62(31-8-1)70-44-27-45-71(63-32-9-2-10-33-63)96(70)100(65-36-13-4-14-37-65)69-58-85-95-87(59-69)104-86-61-82-76(60-77(86)98(95)75-47-22-24-49-79(75)103(85)81-51-29-55-91-93(81)73-43-20-26-53-89(73)106-91)97-74-46-21-23-48-78(74)101(66-38-15-5-16-39-66)83-56-68(57-84(94(83)97)102(82)67-40-17-6-18-41-67)99(64-34-11-3-12-35-64)80-50-28-54-90-92(80)72-42-19-25-52-88(72)105-90/h1-61H. The Bertz CT molecular complexity index is 6500. The summed E-state index contributed by atoms with van der Waals surface area (Å²) < 4.78 is 13.1. The van der Waals surface area contributed by atoms with Gasteiger partial charge in [0.1, 0.15) is 11.5 Å². The quantitative estimate of drug-likeness (QED) is 0.120. The maximum Gasteiger partial charge on any atom is 0.256 e. The number of hydrogen-bond acceptors (Lipinski definition) is 8. The highest BCUT2D eigenvalue weighted by Crippen LogP contribution is 2.55. The second-order valence-corrected chi connectivity index (χ2v) is 29.9. The molecule has 0 fully saturated rings. The summed E-state index contributed by atoms with van der Waals surface area (Å²) in [5, 5.41) is 4.94. The van der Waals surface area contributed by atoms with Crippen LogP contribution in [0.3, 0.4) is 0 Å². The van der Waals surface area contributed by atoms with Gasteiger partial charge >= 0.3 is 0 Å². The fourth-order valence-corrected chi connectivity index (χ4v) is 20.0. The third-order valence-corrected chi connectivity index (χ3v) is 24.3. The summed E-state index contributed by atoms with van der Waals surface area (Å²) in [5.74, 6) is 1.61. The van der Waals surface area contributed by atoms with Crippen LogP contribution < -0.4 is 62.0 Å². The number of fused-ring (bicyclic) bond motifs is 14. The molecule has 0 saturated heterocycles. The van der Waals surface area contributed by atoms with Gasteiger partial charge in [-0.25, -0.2) is 0 Å². The van der Waals surface area contributed by atoms with Crippen LogP contribution in [-0.2, 0) is 0 Å². The Labute approximate surface area is 623 Å². The van der Waals surface area contributed by atoms with E-state index in [2.05, 4.69) is 395 Å². The van der Waals surface area contributed by atoms with Crippen molar-refractivity contribution in [1.29, 1.82) is 0 Å². The number of anilines is 15. The highest BCUT2D eigenvalue weighted by Gasteiger charge is 2.49. The molecule has 4 aliphatic rings. The normalized spacial score (nSPS) is 12.9. The van der Waals surface area contributed by atoms with E-state index in [1.165, 1.54) is 62.2 Å². The van der Waals surface area contributed by atoms with Crippen LogP contribution in [-0.4, -0.2) is 13.4 Å². The molecule has 0 radical (unpaired) electrons. The number of rotatable bonds is 11. The van der Waals surface area contributed by atoms with E-state index in [1.807, 2.05) is 22.7 Å². The van der Waals surface area contributed by atoms with E-state index in [0.717, 1.165) is 130 Å². The topological polar surface area (TPSA) is 25.4 Å². The third kappa shape index (κ3) is 9.31. The first kappa shape index (κ1) is 60.5. The molecule has 0 bridgehead atoms. The summed E-state index contributed by atoms with van der Waals surface area (Å²) in [5.41, 5.74) is 27.7. The summed E-state index contributed by atoms with van der Waals surface area (Å²) >= 11 is 3.71. The molecule has 0 N–H and O–H groups in total. The summed E-state index contributed by atoms with van der Waals surface area (Å²) in [4.78, 5) is 12.6. The van der Waals surface area contributed by atoms with Crippen LogP contribution in [0, 0.1) is 0 Å². The van der Waals surface area contributed by atoms with E-state index in [0.29, 0.717) is 0 Å². The van der Waals surface area contributed by atoms with Crippen molar-refractivity contribution < 1.29 is 4.74 Å². The molecule has 106 heavy (non-hydrogen) atoms. The second-order valence-electron chi connectivity index (χ2n) is 27.8. The van der Waals surface area contributed by atoms with Gasteiger partial charge in [0.25, 0.3) is 13.4 Å². The van der Waals surface area contributed by atoms with Crippen molar-refractivity contribution in [3.05, 3.63) is 370 Å².